The van der Waals surface area contributed by atoms with Crippen molar-refractivity contribution >= 4 is 23.9 Å². The lowest BCUT2D eigenvalue weighted by Gasteiger charge is -2.25. The summed E-state index contributed by atoms with van der Waals surface area (Å²) in [6, 6.07) is 0. The zero-order valence-electron chi connectivity index (χ0n) is 17.2. The number of carbonyl (C=O) groups excluding carboxylic acids is 4. The van der Waals surface area contributed by atoms with Crippen molar-refractivity contribution in [1.82, 2.24) is 9.80 Å². The first-order valence-corrected chi connectivity index (χ1v) is 9.43. The first-order chi connectivity index (χ1) is 13.4. The minimum atomic E-state index is -0.478. The Balaban J connectivity index is 4.95. The van der Waals surface area contributed by atoms with E-state index in [1.807, 2.05) is 0 Å². The maximum atomic E-state index is 11.8. The van der Waals surface area contributed by atoms with Gasteiger partial charge in [0, 0.05) is 13.1 Å². The summed E-state index contributed by atoms with van der Waals surface area (Å²) in [7, 11) is 0. The Labute approximate surface area is 166 Å². The van der Waals surface area contributed by atoms with Crippen LogP contribution in [0.25, 0.3) is 0 Å². The van der Waals surface area contributed by atoms with Crippen molar-refractivity contribution in [2.45, 2.75) is 27.7 Å². The lowest BCUT2D eigenvalue weighted by molar-refractivity contribution is -0.151. The van der Waals surface area contributed by atoms with Crippen LogP contribution in [-0.2, 0) is 38.1 Å². The molecular formula is C18H32N2O8. The third kappa shape index (κ3) is 13.0. The second-order valence-corrected chi connectivity index (χ2v) is 5.64. The van der Waals surface area contributed by atoms with Gasteiger partial charge < -0.3 is 18.9 Å². The summed E-state index contributed by atoms with van der Waals surface area (Å²) in [6.07, 6.45) is 0. The molecule has 0 saturated heterocycles. The van der Waals surface area contributed by atoms with E-state index >= 15 is 0 Å². The lowest BCUT2D eigenvalue weighted by atomic mass is 10.3. The van der Waals surface area contributed by atoms with Crippen LogP contribution in [0.4, 0.5) is 0 Å². The molecular weight excluding hydrogens is 372 g/mol. The predicted octanol–water partition coefficient (Wildman–Crippen LogP) is -0.157. The van der Waals surface area contributed by atoms with Gasteiger partial charge in [-0.05, 0) is 27.7 Å². The highest BCUT2D eigenvalue weighted by Gasteiger charge is 2.20. The topological polar surface area (TPSA) is 112 Å². The van der Waals surface area contributed by atoms with E-state index in [1.165, 1.54) is 0 Å². The SMILES string of the molecule is CCOC(=O)CN(CCN(CC(=O)OCC)CC(=O)OCC)CC(=O)OCC. The fraction of sp³-hybridized carbons (Fsp3) is 0.778. The Morgan fingerprint density at radius 1 is 0.500 bits per heavy atom. The molecule has 0 rings (SSSR count). The monoisotopic (exact) mass is 404 g/mol. The second-order valence-electron chi connectivity index (χ2n) is 5.64. The number of hydrogen-bond acceptors (Lipinski definition) is 10. The van der Waals surface area contributed by atoms with Gasteiger partial charge in [-0.1, -0.05) is 0 Å². The Kier molecular flexibility index (Phi) is 14.6. The molecule has 0 aromatic carbocycles. The van der Waals surface area contributed by atoms with Crippen molar-refractivity contribution in [2.24, 2.45) is 0 Å². The van der Waals surface area contributed by atoms with Gasteiger partial charge in [-0.2, -0.15) is 0 Å². The Morgan fingerprint density at radius 3 is 0.893 bits per heavy atom. The molecule has 0 radical (unpaired) electrons. The van der Waals surface area contributed by atoms with Gasteiger partial charge in [0.25, 0.3) is 0 Å². The molecule has 0 aliphatic rings. The van der Waals surface area contributed by atoms with Gasteiger partial charge in [0.15, 0.2) is 0 Å². The molecule has 0 heterocycles. The van der Waals surface area contributed by atoms with Crippen LogP contribution in [0, 0.1) is 0 Å². The summed E-state index contributed by atoms with van der Waals surface area (Å²) < 4.78 is 19.7. The van der Waals surface area contributed by atoms with E-state index in [0.717, 1.165) is 0 Å². The van der Waals surface area contributed by atoms with Crippen molar-refractivity contribution in [3.05, 3.63) is 0 Å². The zero-order valence-corrected chi connectivity index (χ0v) is 17.2. The van der Waals surface area contributed by atoms with Gasteiger partial charge >= 0.3 is 23.9 Å². The molecule has 0 fully saturated rings. The molecule has 0 aliphatic heterocycles. The van der Waals surface area contributed by atoms with Crippen LogP contribution in [-0.4, -0.2) is 99.4 Å². The molecule has 0 bridgehead atoms. The first kappa shape index (κ1) is 25.8. The van der Waals surface area contributed by atoms with Gasteiger partial charge in [-0.15, -0.1) is 0 Å². The summed E-state index contributed by atoms with van der Waals surface area (Å²) in [5, 5.41) is 0. The van der Waals surface area contributed by atoms with E-state index in [4.69, 9.17) is 18.9 Å². The van der Waals surface area contributed by atoms with Crippen molar-refractivity contribution < 1.29 is 38.1 Å². The Morgan fingerprint density at radius 2 is 0.714 bits per heavy atom. The average molecular weight is 404 g/mol. The molecule has 0 aliphatic carbocycles. The third-order valence-corrected chi connectivity index (χ3v) is 3.36. The first-order valence-electron chi connectivity index (χ1n) is 9.43. The minimum Gasteiger partial charge on any atom is -0.465 e. The molecule has 0 aromatic heterocycles. The van der Waals surface area contributed by atoms with Crippen LogP contribution >= 0.6 is 0 Å². The van der Waals surface area contributed by atoms with E-state index in [0.29, 0.717) is 0 Å². The summed E-state index contributed by atoms with van der Waals surface area (Å²) in [5.74, 6) is -1.91. The number of ether oxygens (including phenoxy) is 4. The lowest BCUT2D eigenvalue weighted by Crippen LogP contribution is -2.44. The van der Waals surface area contributed by atoms with E-state index in [2.05, 4.69) is 0 Å². The van der Waals surface area contributed by atoms with Crippen molar-refractivity contribution in [2.75, 3.05) is 65.7 Å². The molecule has 0 atom stereocenters. The Bertz CT molecular complexity index is 414. The van der Waals surface area contributed by atoms with Gasteiger partial charge in [0.1, 0.15) is 0 Å². The van der Waals surface area contributed by atoms with Crippen LogP contribution in [0.2, 0.25) is 0 Å². The number of hydrogen-bond donors (Lipinski definition) is 0. The molecule has 10 nitrogen and oxygen atoms in total. The predicted molar refractivity (Wildman–Crippen MR) is 99.4 cm³/mol. The number of esters is 4. The van der Waals surface area contributed by atoms with Crippen molar-refractivity contribution in [3.8, 4) is 0 Å². The second kappa shape index (κ2) is 15.8. The zero-order chi connectivity index (χ0) is 21.4. The van der Waals surface area contributed by atoms with Gasteiger partial charge in [-0.3, -0.25) is 29.0 Å². The quantitative estimate of drug-likeness (QED) is 0.270. The Hall–Kier alpha value is -2.20. The standard InChI is InChI=1S/C18H32N2O8/c1-5-25-15(21)11-19(12-16(22)26-6-2)9-10-20(13-17(23)27-7-3)14-18(24)28-8-4/h5-14H2,1-4H3. The summed E-state index contributed by atoms with van der Waals surface area (Å²) in [6.45, 7) is 7.68. The van der Waals surface area contributed by atoms with Crippen LogP contribution in [0.5, 0.6) is 0 Å². The summed E-state index contributed by atoms with van der Waals surface area (Å²) in [5.41, 5.74) is 0. The molecule has 0 saturated carbocycles. The van der Waals surface area contributed by atoms with Crippen LogP contribution in [0.15, 0.2) is 0 Å². The number of nitrogens with zero attached hydrogens (tertiary/aromatic N) is 2. The number of rotatable bonds is 15. The smallest absolute Gasteiger partial charge is 0.320 e. The highest BCUT2D eigenvalue weighted by Crippen LogP contribution is 1.98. The molecule has 0 aromatic rings. The van der Waals surface area contributed by atoms with E-state index < -0.39 is 23.9 Å². The van der Waals surface area contributed by atoms with Crippen molar-refractivity contribution in [3.63, 3.8) is 0 Å². The van der Waals surface area contributed by atoms with Crippen LogP contribution in [0.3, 0.4) is 0 Å². The summed E-state index contributed by atoms with van der Waals surface area (Å²) >= 11 is 0. The van der Waals surface area contributed by atoms with E-state index in [1.54, 1.807) is 37.5 Å². The van der Waals surface area contributed by atoms with E-state index in [-0.39, 0.29) is 65.7 Å². The molecule has 162 valence electrons. The normalized spacial score (nSPS) is 10.6. The molecule has 10 heteroatoms. The van der Waals surface area contributed by atoms with Crippen molar-refractivity contribution in [1.29, 1.82) is 0 Å². The van der Waals surface area contributed by atoms with Gasteiger partial charge in [0.2, 0.25) is 0 Å². The molecule has 0 spiro atoms. The largest absolute Gasteiger partial charge is 0.465 e. The molecule has 28 heavy (non-hydrogen) atoms. The van der Waals surface area contributed by atoms with Gasteiger partial charge in [-0.25, -0.2) is 0 Å². The fourth-order valence-corrected chi connectivity index (χ4v) is 2.27. The van der Waals surface area contributed by atoms with E-state index in [9.17, 15) is 19.2 Å². The molecule has 0 N–H and O–H groups in total. The van der Waals surface area contributed by atoms with Crippen LogP contribution in [0.1, 0.15) is 27.7 Å². The average Bonchev–Trinajstić information content (AvgIpc) is 2.60. The highest BCUT2D eigenvalue weighted by atomic mass is 16.5. The third-order valence-electron chi connectivity index (χ3n) is 3.36. The fourth-order valence-electron chi connectivity index (χ4n) is 2.27. The minimum absolute atomic E-state index is 0.112. The maximum Gasteiger partial charge on any atom is 0.320 e. The summed E-state index contributed by atoms with van der Waals surface area (Å²) in [4.78, 5) is 50.2. The number of carbonyl (C=O) groups is 4. The van der Waals surface area contributed by atoms with Gasteiger partial charge in [0.05, 0.1) is 52.6 Å². The molecule has 0 amide bonds. The highest BCUT2D eigenvalue weighted by molar-refractivity contribution is 5.75. The van der Waals surface area contributed by atoms with Crippen LogP contribution < -0.4 is 0 Å². The molecule has 0 unspecified atom stereocenters. The maximum absolute atomic E-state index is 11.8.